The monoisotopic (exact) mass is 249 g/mol. The first-order valence-corrected chi connectivity index (χ1v) is 6.66. The number of anilines is 1. The summed E-state index contributed by atoms with van der Waals surface area (Å²) in [5.74, 6) is 1.02. The highest BCUT2D eigenvalue weighted by Gasteiger charge is 2.25. The van der Waals surface area contributed by atoms with Crippen LogP contribution in [0, 0.1) is 0 Å². The fourth-order valence-electron chi connectivity index (χ4n) is 2.39. The van der Waals surface area contributed by atoms with Crippen LogP contribution in [0.3, 0.4) is 0 Å². The summed E-state index contributed by atoms with van der Waals surface area (Å²) >= 11 is 0. The van der Waals surface area contributed by atoms with Crippen LogP contribution in [0.15, 0.2) is 18.2 Å². The number of hydrogen-bond acceptors (Lipinski definition) is 3. The van der Waals surface area contributed by atoms with E-state index in [-0.39, 0.29) is 12.0 Å². The van der Waals surface area contributed by atoms with Gasteiger partial charge in [0, 0.05) is 18.7 Å². The van der Waals surface area contributed by atoms with Gasteiger partial charge in [-0.05, 0) is 17.9 Å². The summed E-state index contributed by atoms with van der Waals surface area (Å²) in [5.41, 5.74) is 2.52. The van der Waals surface area contributed by atoms with E-state index < -0.39 is 0 Å². The fourth-order valence-corrected chi connectivity index (χ4v) is 2.39. The molecule has 0 atom stereocenters. The zero-order chi connectivity index (χ0) is 13.2. The average molecular weight is 249 g/mol. The van der Waals surface area contributed by atoms with Crippen molar-refractivity contribution in [1.82, 2.24) is 0 Å². The van der Waals surface area contributed by atoms with Crippen LogP contribution in [-0.4, -0.2) is 31.4 Å². The molecule has 100 valence electrons. The van der Waals surface area contributed by atoms with Crippen LogP contribution >= 0.6 is 0 Å². The molecule has 1 heterocycles. The lowest BCUT2D eigenvalue weighted by atomic mass is 9.85. The van der Waals surface area contributed by atoms with Crippen molar-refractivity contribution in [2.75, 3.05) is 31.2 Å². The Morgan fingerprint density at radius 1 is 1.33 bits per heavy atom. The Hall–Kier alpha value is -1.22. The SMILES string of the molecule is CC(C)(C)c1cccc2c1OCCN2CCCO. The summed E-state index contributed by atoms with van der Waals surface area (Å²) in [6, 6.07) is 6.36. The number of nitrogens with zero attached hydrogens (tertiary/aromatic N) is 1. The molecule has 0 unspecified atom stereocenters. The van der Waals surface area contributed by atoms with Crippen molar-refractivity contribution in [2.45, 2.75) is 32.6 Å². The third-order valence-corrected chi connectivity index (χ3v) is 3.34. The number of para-hydroxylation sites is 1. The van der Waals surface area contributed by atoms with Crippen molar-refractivity contribution < 1.29 is 9.84 Å². The highest BCUT2D eigenvalue weighted by molar-refractivity contribution is 5.64. The molecule has 0 spiro atoms. The van der Waals surface area contributed by atoms with Gasteiger partial charge in [-0.15, -0.1) is 0 Å². The highest BCUT2D eigenvalue weighted by Crippen LogP contribution is 2.40. The summed E-state index contributed by atoms with van der Waals surface area (Å²) in [6.45, 7) is 9.38. The highest BCUT2D eigenvalue weighted by atomic mass is 16.5. The van der Waals surface area contributed by atoms with Crippen molar-refractivity contribution in [3.8, 4) is 5.75 Å². The molecule has 1 N–H and O–H groups in total. The second-order valence-corrected chi connectivity index (χ2v) is 5.82. The van der Waals surface area contributed by atoms with Gasteiger partial charge in [0.05, 0.1) is 12.2 Å². The topological polar surface area (TPSA) is 32.7 Å². The van der Waals surface area contributed by atoms with Gasteiger partial charge in [0.25, 0.3) is 0 Å². The molecule has 1 aromatic rings. The second kappa shape index (κ2) is 5.19. The Labute approximate surface area is 109 Å². The van der Waals surface area contributed by atoms with Gasteiger partial charge in [-0.1, -0.05) is 32.9 Å². The molecule has 0 saturated heterocycles. The molecule has 0 fully saturated rings. The van der Waals surface area contributed by atoms with Crippen LogP contribution in [0.5, 0.6) is 5.75 Å². The van der Waals surface area contributed by atoms with E-state index in [2.05, 4.69) is 43.9 Å². The minimum atomic E-state index is 0.0886. The van der Waals surface area contributed by atoms with E-state index in [0.29, 0.717) is 0 Å². The van der Waals surface area contributed by atoms with Crippen molar-refractivity contribution in [1.29, 1.82) is 0 Å². The van der Waals surface area contributed by atoms with E-state index in [0.717, 1.165) is 31.9 Å². The maximum atomic E-state index is 8.97. The molecule has 18 heavy (non-hydrogen) atoms. The maximum absolute atomic E-state index is 8.97. The number of hydrogen-bond donors (Lipinski definition) is 1. The molecule has 0 bridgehead atoms. The summed E-state index contributed by atoms with van der Waals surface area (Å²) in [7, 11) is 0. The quantitative estimate of drug-likeness (QED) is 0.893. The van der Waals surface area contributed by atoms with Crippen LogP contribution < -0.4 is 9.64 Å². The van der Waals surface area contributed by atoms with E-state index in [1.54, 1.807) is 0 Å². The van der Waals surface area contributed by atoms with Gasteiger partial charge in [0.2, 0.25) is 0 Å². The molecule has 1 aliphatic rings. The summed E-state index contributed by atoms with van der Waals surface area (Å²) in [6.07, 6.45) is 0.805. The molecule has 0 aliphatic carbocycles. The number of benzene rings is 1. The minimum Gasteiger partial charge on any atom is -0.489 e. The molecular weight excluding hydrogens is 226 g/mol. The predicted octanol–water partition coefficient (Wildman–Crippen LogP) is 2.57. The van der Waals surface area contributed by atoms with Gasteiger partial charge < -0.3 is 14.7 Å². The third kappa shape index (κ3) is 2.61. The normalized spacial score (nSPS) is 15.2. The van der Waals surface area contributed by atoms with Crippen LogP contribution in [0.4, 0.5) is 5.69 Å². The van der Waals surface area contributed by atoms with E-state index in [1.165, 1.54) is 11.3 Å². The lowest BCUT2D eigenvalue weighted by molar-refractivity contribution is 0.277. The number of ether oxygens (including phenoxy) is 1. The molecule has 1 aromatic carbocycles. The van der Waals surface area contributed by atoms with Crippen molar-refractivity contribution >= 4 is 5.69 Å². The Morgan fingerprint density at radius 3 is 2.78 bits per heavy atom. The summed E-state index contributed by atoms with van der Waals surface area (Å²) in [5, 5.41) is 8.97. The van der Waals surface area contributed by atoms with E-state index in [4.69, 9.17) is 9.84 Å². The fraction of sp³-hybridized carbons (Fsp3) is 0.600. The van der Waals surface area contributed by atoms with Gasteiger partial charge in [0.1, 0.15) is 12.4 Å². The smallest absolute Gasteiger partial charge is 0.146 e. The Morgan fingerprint density at radius 2 is 2.11 bits per heavy atom. The van der Waals surface area contributed by atoms with Crippen LogP contribution in [0.1, 0.15) is 32.8 Å². The van der Waals surface area contributed by atoms with E-state index >= 15 is 0 Å². The van der Waals surface area contributed by atoms with Crippen LogP contribution in [0.2, 0.25) is 0 Å². The Balaban J connectivity index is 2.34. The van der Waals surface area contributed by atoms with Gasteiger partial charge in [-0.2, -0.15) is 0 Å². The van der Waals surface area contributed by atoms with Crippen molar-refractivity contribution in [3.05, 3.63) is 23.8 Å². The Kier molecular flexibility index (Phi) is 3.81. The maximum Gasteiger partial charge on any atom is 0.146 e. The number of fused-ring (bicyclic) bond motifs is 1. The summed E-state index contributed by atoms with van der Waals surface area (Å²) in [4.78, 5) is 2.31. The molecular formula is C15H23NO2. The average Bonchev–Trinajstić information content (AvgIpc) is 2.34. The zero-order valence-corrected chi connectivity index (χ0v) is 11.6. The van der Waals surface area contributed by atoms with Gasteiger partial charge >= 0.3 is 0 Å². The van der Waals surface area contributed by atoms with Gasteiger partial charge in [-0.25, -0.2) is 0 Å². The minimum absolute atomic E-state index is 0.0886. The zero-order valence-electron chi connectivity index (χ0n) is 11.6. The van der Waals surface area contributed by atoms with Crippen LogP contribution in [-0.2, 0) is 5.41 Å². The molecule has 2 rings (SSSR count). The first-order chi connectivity index (χ1) is 8.54. The molecule has 0 aromatic heterocycles. The van der Waals surface area contributed by atoms with E-state index in [9.17, 15) is 0 Å². The first-order valence-electron chi connectivity index (χ1n) is 6.66. The number of aliphatic hydroxyl groups excluding tert-OH is 1. The molecule has 3 nitrogen and oxygen atoms in total. The lowest BCUT2D eigenvalue weighted by Crippen LogP contribution is -2.35. The van der Waals surface area contributed by atoms with Gasteiger partial charge in [0.15, 0.2) is 0 Å². The van der Waals surface area contributed by atoms with Crippen molar-refractivity contribution in [2.24, 2.45) is 0 Å². The second-order valence-electron chi connectivity index (χ2n) is 5.82. The number of aliphatic hydroxyl groups is 1. The van der Waals surface area contributed by atoms with Crippen molar-refractivity contribution in [3.63, 3.8) is 0 Å². The molecule has 0 radical (unpaired) electrons. The molecule has 0 amide bonds. The lowest BCUT2D eigenvalue weighted by Gasteiger charge is -2.34. The Bertz CT molecular complexity index is 409. The van der Waals surface area contributed by atoms with E-state index in [1.807, 2.05) is 0 Å². The molecule has 0 saturated carbocycles. The molecule has 3 heteroatoms. The molecule has 1 aliphatic heterocycles. The van der Waals surface area contributed by atoms with Crippen LogP contribution in [0.25, 0.3) is 0 Å². The summed E-state index contributed by atoms with van der Waals surface area (Å²) < 4.78 is 5.89. The number of rotatable bonds is 3. The predicted molar refractivity (Wildman–Crippen MR) is 74.6 cm³/mol. The van der Waals surface area contributed by atoms with Gasteiger partial charge in [-0.3, -0.25) is 0 Å². The third-order valence-electron chi connectivity index (χ3n) is 3.34. The largest absolute Gasteiger partial charge is 0.489 e. The standard InChI is InChI=1S/C15H23NO2/c1-15(2,3)12-6-4-7-13-14(12)18-11-9-16(13)8-5-10-17/h4,6-7,17H,5,8-11H2,1-3H3. The first kappa shape index (κ1) is 13.2.